The molecule has 0 saturated heterocycles. The molecule has 0 spiro atoms. The number of hydrogen-bond acceptors (Lipinski definition) is 1. The average molecular weight is 358 g/mol. The van der Waals surface area contributed by atoms with Crippen LogP contribution in [0.2, 0.25) is 0 Å². The van der Waals surface area contributed by atoms with E-state index in [1.54, 1.807) is 0 Å². The topological polar surface area (TPSA) is 20.3 Å². The van der Waals surface area contributed by atoms with Gasteiger partial charge in [-0.3, -0.25) is 4.79 Å². The number of rotatable bonds is 1. The molecule has 0 heterocycles. The lowest BCUT2D eigenvalue weighted by Crippen LogP contribution is -2.40. The zero-order valence-electron chi connectivity index (χ0n) is 10.1. The van der Waals surface area contributed by atoms with E-state index in [9.17, 15) is 26.7 Å². The van der Waals surface area contributed by atoms with Gasteiger partial charge in [0.1, 0.15) is 0 Å². The van der Waals surface area contributed by atoms with Gasteiger partial charge in [0.2, 0.25) is 0 Å². The molecule has 0 fully saturated rings. The Hall–Kier alpha value is -1.18. The van der Waals surface area contributed by atoms with Crippen molar-refractivity contribution in [1.29, 1.82) is 0 Å². The van der Waals surface area contributed by atoms with Gasteiger partial charge in [-0.2, -0.15) is 13.2 Å². The summed E-state index contributed by atoms with van der Waals surface area (Å²) < 4.78 is 65.3. The molecule has 0 aromatic heterocycles. The first kappa shape index (κ1) is 15.2. The van der Waals surface area contributed by atoms with E-state index < -0.39 is 30.5 Å². The quantitative estimate of drug-likeness (QED) is 0.695. The second-order valence-electron chi connectivity index (χ2n) is 4.57. The van der Waals surface area contributed by atoms with Crippen LogP contribution in [0.15, 0.2) is 22.7 Å². The highest BCUT2D eigenvalue weighted by Crippen LogP contribution is 2.50. The molecule has 20 heavy (non-hydrogen) atoms. The van der Waals surface area contributed by atoms with Gasteiger partial charge in [0, 0.05) is 23.5 Å². The summed E-state index contributed by atoms with van der Waals surface area (Å²) in [5, 5.41) is 0. The molecule has 2 nitrogen and oxygen atoms in total. The zero-order valence-corrected chi connectivity index (χ0v) is 11.7. The number of alkyl halides is 5. The van der Waals surface area contributed by atoms with Crippen LogP contribution in [0.25, 0.3) is 0 Å². The molecular weight excluding hydrogens is 349 g/mol. The summed E-state index contributed by atoms with van der Waals surface area (Å²) >= 11 is 3.04. The fraction of sp³-hybridized carbons (Fsp3) is 0.417. The molecule has 0 radical (unpaired) electrons. The number of halogens is 6. The summed E-state index contributed by atoms with van der Waals surface area (Å²) in [6.07, 6.45) is -5.93. The first-order valence-corrected chi connectivity index (χ1v) is 6.35. The minimum absolute atomic E-state index is 0.0401. The normalized spacial score (nSPS) is 20.6. The van der Waals surface area contributed by atoms with Crippen LogP contribution < -0.4 is 0 Å². The molecule has 0 aliphatic heterocycles. The third kappa shape index (κ3) is 2.53. The molecule has 1 aromatic rings. The molecule has 0 saturated carbocycles. The Bertz CT molecular complexity index is 557. The highest BCUT2D eigenvalue weighted by molar-refractivity contribution is 9.10. The standard InChI is InChI=1S/C12H9BrF5NO/c1-19(10(20)12(16,17)18)9-5-11(14,15)8-4-6(13)2-3-7(8)9/h2-4,9H,5H2,1H3. The molecule has 0 bridgehead atoms. The van der Waals surface area contributed by atoms with E-state index in [1.165, 1.54) is 18.2 Å². The first-order valence-electron chi connectivity index (χ1n) is 5.56. The molecule has 1 amide bonds. The van der Waals surface area contributed by atoms with Gasteiger partial charge in [0.15, 0.2) is 0 Å². The molecule has 1 atom stereocenters. The monoisotopic (exact) mass is 357 g/mol. The van der Waals surface area contributed by atoms with Gasteiger partial charge in [0.25, 0.3) is 5.92 Å². The van der Waals surface area contributed by atoms with Crippen LogP contribution in [0.4, 0.5) is 22.0 Å². The molecule has 110 valence electrons. The van der Waals surface area contributed by atoms with Crippen molar-refractivity contribution >= 4 is 21.8 Å². The summed E-state index contributed by atoms with van der Waals surface area (Å²) in [5.41, 5.74) is -0.308. The molecule has 8 heteroatoms. The summed E-state index contributed by atoms with van der Waals surface area (Å²) in [5.74, 6) is -5.39. The maximum Gasteiger partial charge on any atom is 0.471 e. The van der Waals surface area contributed by atoms with Crippen molar-refractivity contribution in [2.24, 2.45) is 0 Å². The first-order chi connectivity index (χ1) is 9.04. The fourth-order valence-electron chi connectivity index (χ4n) is 2.29. The maximum atomic E-state index is 13.8. The van der Waals surface area contributed by atoms with Gasteiger partial charge in [0.05, 0.1) is 6.04 Å². The summed E-state index contributed by atoms with van der Waals surface area (Å²) in [4.78, 5) is 11.5. The largest absolute Gasteiger partial charge is 0.471 e. The molecule has 1 unspecified atom stereocenters. The Morgan fingerprint density at radius 1 is 1.40 bits per heavy atom. The van der Waals surface area contributed by atoms with E-state index >= 15 is 0 Å². The number of nitrogens with zero attached hydrogens (tertiary/aromatic N) is 1. The molecule has 1 aliphatic carbocycles. The van der Waals surface area contributed by atoms with Crippen molar-refractivity contribution in [1.82, 2.24) is 4.90 Å². The average Bonchev–Trinajstić information content (AvgIpc) is 2.58. The van der Waals surface area contributed by atoms with E-state index in [1.807, 2.05) is 0 Å². The highest BCUT2D eigenvalue weighted by Gasteiger charge is 2.51. The van der Waals surface area contributed by atoms with Crippen molar-refractivity contribution in [3.05, 3.63) is 33.8 Å². The van der Waals surface area contributed by atoms with Gasteiger partial charge in [-0.1, -0.05) is 22.0 Å². The third-order valence-electron chi connectivity index (χ3n) is 3.25. The van der Waals surface area contributed by atoms with Crippen molar-refractivity contribution in [2.45, 2.75) is 24.6 Å². The Labute approximate surface area is 119 Å². The van der Waals surface area contributed by atoms with Gasteiger partial charge in [-0.25, -0.2) is 8.78 Å². The van der Waals surface area contributed by atoms with Gasteiger partial charge < -0.3 is 4.90 Å². The Morgan fingerprint density at radius 3 is 2.55 bits per heavy atom. The van der Waals surface area contributed by atoms with E-state index in [0.717, 1.165) is 7.05 Å². The number of fused-ring (bicyclic) bond motifs is 1. The number of carbonyl (C=O) groups is 1. The highest BCUT2D eigenvalue weighted by atomic mass is 79.9. The molecular formula is C12H9BrF5NO. The van der Waals surface area contributed by atoms with E-state index in [-0.39, 0.29) is 11.1 Å². The summed E-state index contributed by atoms with van der Waals surface area (Å²) in [6, 6.07) is 2.65. The number of benzene rings is 1. The molecule has 0 N–H and O–H groups in total. The van der Waals surface area contributed by atoms with Crippen LogP contribution >= 0.6 is 15.9 Å². The van der Waals surface area contributed by atoms with Crippen molar-refractivity contribution in [3.8, 4) is 0 Å². The molecule has 1 aromatic carbocycles. The lowest BCUT2D eigenvalue weighted by Gasteiger charge is -2.26. The lowest BCUT2D eigenvalue weighted by molar-refractivity contribution is -0.187. The molecule has 2 rings (SSSR count). The SMILES string of the molecule is CN(C(=O)C(F)(F)F)C1CC(F)(F)c2cc(Br)ccc21. The second kappa shape index (κ2) is 4.68. The van der Waals surface area contributed by atoms with Gasteiger partial charge in [-0.05, 0) is 17.7 Å². The predicted octanol–water partition coefficient (Wildman–Crippen LogP) is 4.01. The zero-order chi connectivity index (χ0) is 15.3. The lowest BCUT2D eigenvalue weighted by atomic mass is 10.1. The molecule has 1 aliphatic rings. The predicted molar refractivity (Wildman–Crippen MR) is 64.2 cm³/mol. The summed E-state index contributed by atoms with van der Waals surface area (Å²) in [6.45, 7) is 0. The number of carbonyl (C=O) groups excluding carboxylic acids is 1. The second-order valence-corrected chi connectivity index (χ2v) is 5.49. The van der Waals surface area contributed by atoms with Crippen LogP contribution in [0.3, 0.4) is 0 Å². The maximum absolute atomic E-state index is 13.8. The van der Waals surface area contributed by atoms with Crippen molar-refractivity contribution in [3.63, 3.8) is 0 Å². The van der Waals surface area contributed by atoms with Crippen LogP contribution in [0.5, 0.6) is 0 Å². The van der Waals surface area contributed by atoms with E-state index in [0.29, 0.717) is 9.37 Å². The van der Waals surface area contributed by atoms with Crippen LogP contribution in [0, 0.1) is 0 Å². The fourth-order valence-corrected chi connectivity index (χ4v) is 2.65. The summed E-state index contributed by atoms with van der Waals surface area (Å²) in [7, 11) is 0.883. The van der Waals surface area contributed by atoms with Crippen LogP contribution in [-0.4, -0.2) is 24.0 Å². The third-order valence-corrected chi connectivity index (χ3v) is 3.74. The van der Waals surface area contributed by atoms with Crippen LogP contribution in [-0.2, 0) is 10.7 Å². The smallest absolute Gasteiger partial charge is 0.331 e. The number of hydrogen-bond donors (Lipinski definition) is 0. The van der Waals surface area contributed by atoms with Gasteiger partial charge in [-0.15, -0.1) is 0 Å². The minimum Gasteiger partial charge on any atom is -0.331 e. The minimum atomic E-state index is -5.08. The van der Waals surface area contributed by atoms with E-state index in [2.05, 4.69) is 15.9 Å². The van der Waals surface area contributed by atoms with Crippen molar-refractivity contribution < 1.29 is 26.7 Å². The Balaban J connectivity index is 2.41. The van der Waals surface area contributed by atoms with Gasteiger partial charge >= 0.3 is 12.1 Å². The van der Waals surface area contributed by atoms with Crippen molar-refractivity contribution in [2.75, 3.05) is 7.05 Å². The van der Waals surface area contributed by atoms with E-state index in [4.69, 9.17) is 0 Å². The Morgan fingerprint density at radius 2 is 2.00 bits per heavy atom. The number of amides is 1. The Kier molecular flexibility index (Phi) is 3.56. The van der Waals surface area contributed by atoms with Crippen LogP contribution in [0.1, 0.15) is 23.6 Å².